The monoisotopic (exact) mass is 353 g/mol. The van der Waals surface area contributed by atoms with Crippen LogP contribution in [-0.4, -0.2) is 15.3 Å². The molecule has 0 spiro atoms. The molecule has 3 aromatic rings. The zero-order valence-corrected chi connectivity index (χ0v) is 14.2. The molecular weight excluding hydrogens is 336 g/mol. The Hall–Kier alpha value is -3.41. The lowest BCUT2D eigenvalue weighted by Crippen LogP contribution is -2.08. The van der Waals surface area contributed by atoms with Crippen molar-refractivity contribution in [2.45, 2.75) is 20.3 Å². The third kappa shape index (κ3) is 2.97. The van der Waals surface area contributed by atoms with Crippen molar-refractivity contribution in [3.05, 3.63) is 58.0 Å². The smallest absolute Gasteiger partial charge is 0.204 e. The Bertz CT molecular complexity index is 1090. The van der Waals surface area contributed by atoms with Crippen LogP contribution in [0.5, 0.6) is 23.0 Å². The van der Waals surface area contributed by atoms with Crippen molar-refractivity contribution in [3.63, 3.8) is 0 Å². The minimum absolute atomic E-state index is 0.0112. The third-order valence-corrected chi connectivity index (χ3v) is 4.07. The van der Waals surface area contributed by atoms with E-state index in [1.165, 1.54) is 12.1 Å². The maximum Gasteiger partial charge on any atom is 0.204 e. The highest BCUT2D eigenvalue weighted by molar-refractivity contribution is 5.91. The van der Waals surface area contributed by atoms with Crippen LogP contribution in [0.2, 0.25) is 0 Å². The van der Waals surface area contributed by atoms with Gasteiger partial charge in [-0.2, -0.15) is 0 Å². The molecule has 0 aliphatic heterocycles. The molecule has 1 aromatic heterocycles. The minimum Gasteiger partial charge on any atom is -0.872 e. The highest BCUT2D eigenvalue weighted by Crippen LogP contribution is 2.36. The Morgan fingerprint density at radius 3 is 2.50 bits per heavy atom. The van der Waals surface area contributed by atoms with E-state index in [1.807, 2.05) is 19.9 Å². The summed E-state index contributed by atoms with van der Waals surface area (Å²) in [5, 5.41) is 41.6. The standard InChI is InChI=1S/C20H18O6/c1-10(2)3-5-13-16(23)8-17(24)18-19(25)14(9-26-20(13)18)12-6-4-11(21)7-15(12)22/h3-4,6-9,21-24H,5H2,1-2H3/p-1. The van der Waals surface area contributed by atoms with Gasteiger partial charge in [0, 0.05) is 11.6 Å². The lowest BCUT2D eigenvalue weighted by molar-refractivity contribution is -0.269. The fourth-order valence-corrected chi connectivity index (χ4v) is 2.75. The van der Waals surface area contributed by atoms with Gasteiger partial charge >= 0.3 is 0 Å². The fourth-order valence-electron chi connectivity index (χ4n) is 2.75. The van der Waals surface area contributed by atoms with Gasteiger partial charge in [0.25, 0.3) is 0 Å². The molecule has 0 fully saturated rings. The molecule has 26 heavy (non-hydrogen) atoms. The molecule has 0 unspecified atom stereocenters. The molecule has 1 heterocycles. The van der Waals surface area contributed by atoms with Crippen molar-refractivity contribution in [3.8, 4) is 34.1 Å². The SMILES string of the molecule is CC(C)=CCc1c([O-])cc(O)c2c(=O)c(-c3ccc(O)cc3O)coc12. The van der Waals surface area contributed by atoms with Gasteiger partial charge in [0.05, 0.1) is 5.56 Å². The Balaban J connectivity index is 2.30. The summed E-state index contributed by atoms with van der Waals surface area (Å²) in [4.78, 5) is 12.9. The second kappa shape index (κ2) is 6.48. The molecular formula is C20H17O6-. The molecule has 134 valence electrons. The summed E-state index contributed by atoms with van der Waals surface area (Å²) < 4.78 is 5.53. The molecule has 0 bridgehead atoms. The molecule has 0 radical (unpaired) electrons. The molecule has 3 rings (SSSR count). The topological polar surface area (TPSA) is 114 Å². The molecule has 0 saturated heterocycles. The lowest BCUT2D eigenvalue weighted by Gasteiger charge is -2.16. The van der Waals surface area contributed by atoms with Crippen molar-refractivity contribution in [1.82, 2.24) is 0 Å². The molecule has 0 aliphatic rings. The lowest BCUT2D eigenvalue weighted by atomic mass is 10.0. The first-order valence-electron chi connectivity index (χ1n) is 7.92. The Morgan fingerprint density at radius 1 is 1.12 bits per heavy atom. The summed E-state index contributed by atoms with van der Waals surface area (Å²) in [5.74, 6) is -1.35. The number of hydrogen-bond donors (Lipinski definition) is 3. The van der Waals surface area contributed by atoms with Crippen molar-refractivity contribution in [2.75, 3.05) is 0 Å². The number of allylic oxidation sites excluding steroid dienone is 2. The van der Waals surface area contributed by atoms with Crippen LogP contribution in [0, 0.1) is 0 Å². The zero-order chi connectivity index (χ0) is 19.0. The first-order chi connectivity index (χ1) is 12.3. The van der Waals surface area contributed by atoms with Crippen LogP contribution in [-0.2, 0) is 6.42 Å². The van der Waals surface area contributed by atoms with Crippen molar-refractivity contribution < 1.29 is 24.8 Å². The van der Waals surface area contributed by atoms with Crippen LogP contribution in [0.25, 0.3) is 22.1 Å². The Morgan fingerprint density at radius 2 is 1.85 bits per heavy atom. The average Bonchev–Trinajstić information content (AvgIpc) is 2.55. The molecule has 0 atom stereocenters. The molecule has 3 N–H and O–H groups in total. The number of rotatable bonds is 3. The predicted molar refractivity (Wildman–Crippen MR) is 95.5 cm³/mol. The molecule has 6 heteroatoms. The van der Waals surface area contributed by atoms with Crippen molar-refractivity contribution >= 4 is 11.0 Å². The minimum atomic E-state index is -0.580. The number of aromatic hydroxyl groups is 3. The largest absolute Gasteiger partial charge is 0.872 e. The average molecular weight is 353 g/mol. The number of phenolic OH excluding ortho intramolecular Hbond substituents is 3. The van der Waals surface area contributed by atoms with Gasteiger partial charge in [0.1, 0.15) is 34.5 Å². The van der Waals surface area contributed by atoms with Crippen LogP contribution in [0.4, 0.5) is 0 Å². The Labute approximate surface area is 148 Å². The highest BCUT2D eigenvalue weighted by Gasteiger charge is 2.18. The molecule has 0 amide bonds. The summed E-state index contributed by atoms with van der Waals surface area (Å²) in [6.07, 6.45) is 3.24. The second-order valence-electron chi connectivity index (χ2n) is 6.24. The van der Waals surface area contributed by atoms with Gasteiger partial charge in [-0.1, -0.05) is 17.4 Å². The van der Waals surface area contributed by atoms with E-state index in [9.17, 15) is 25.2 Å². The molecule has 6 nitrogen and oxygen atoms in total. The summed E-state index contributed by atoms with van der Waals surface area (Å²) in [5.41, 5.74) is 0.880. The highest BCUT2D eigenvalue weighted by atomic mass is 16.3. The van der Waals surface area contributed by atoms with Gasteiger partial charge in [-0.3, -0.25) is 4.79 Å². The van der Waals surface area contributed by atoms with E-state index in [0.29, 0.717) is 0 Å². The predicted octanol–water partition coefficient (Wildman–Crippen LogP) is 3.16. The maximum absolute atomic E-state index is 12.9. The van der Waals surface area contributed by atoms with E-state index in [1.54, 1.807) is 0 Å². The van der Waals surface area contributed by atoms with Crippen LogP contribution >= 0.6 is 0 Å². The number of benzene rings is 2. The van der Waals surface area contributed by atoms with Crippen LogP contribution < -0.4 is 10.5 Å². The van der Waals surface area contributed by atoms with Gasteiger partial charge in [0.15, 0.2) is 0 Å². The normalized spacial score (nSPS) is 10.8. The maximum atomic E-state index is 12.9. The first kappa shape index (κ1) is 17.4. The van der Waals surface area contributed by atoms with E-state index >= 15 is 0 Å². The zero-order valence-electron chi connectivity index (χ0n) is 14.2. The summed E-state index contributed by atoms with van der Waals surface area (Å²) in [6, 6.07) is 4.78. The van der Waals surface area contributed by atoms with Gasteiger partial charge in [0.2, 0.25) is 5.43 Å². The quantitative estimate of drug-likeness (QED) is 0.623. The van der Waals surface area contributed by atoms with E-state index in [-0.39, 0.29) is 45.6 Å². The third-order valence-electron chi connectivity index (χ3n) is 4.07. The van der Waals surface area contributed by atoms with E-state index in [2.05, 4.69) is 0 Å². The van der Waals surface area contributed by atoms with Crippen molar-refractivity contribution in [2.24, 2.45) is 0 Å². The molecule has 2 aromatic carbocycles. The summed E-state index contributed by atoms with van der Waals surface area (Å²) in [7, 11) is 0. The van der Waals surface area contributed by atoms with Gasteiger partial charge in [-0.05, 0) is 44.0 Å². The van der Waals surface area contributed by atoms with Gasteiger partial charge in [-0.15, -0.1) is 0 Å². The molecule has 0 aliphatic carbocycles. The second-order valence-corrected chi connectivity index (χ2v) is 6.24. The van der Waals surface area contributed by atoms with Crippen LogP contribution in [0.1, 0.15) is 19.4 Å². The van der Waals surface area contributed by atoms with E-state index < -0.39 is 16.9 Å². The molecule has 0 saturated carbocycles. The summed E-state index contributed by atoms with van der Waals surface area (Å²) >= 11 is 0. The van der Waals surface area contributed by atoms with Gasteiger partial charge in [-0.25, -0.2) is 0 Å². The van der Waals surface area contributed by atoms with Crippen LogP contribution in [0.3, 0.4) is 0 Å². The Kier molecular flexibility index (Phi) is 4.34. The summed E-state index contributed by atoms with van der Waals surface area (Å²) in [6.45, 7) is 3.77. The first-order valence-corrected chi connectivity index (χ1v) is 7.92. The number of hydrogen-bond acceptors (Lipinski definition) is 6. The van der Waals surface area contributed by atoms with Gasteiger partial charge < -0.3 is 24.8 Å². The van der Waals surface area contributed by atoms with Crippen molar-refractivity contribution in [1.29, 1.82) is 0 Å². The van der Waals surface area contributed by atoms with Crippen LogP contribution in [0.15, 0.2) is 51.4 Å². The van der Waals surface area contributed by atoms with E-state index in [0.717, 1.165) is 24.0 Å². The van der Waals surface area contributed by atoms with E-state index in [4.69, 9.17) is 4.42 Å². The number of fused-ring (bicyclic) bond motifs is 1. The fraction of sp³-hybridized carbons (Fsp3) is 0.150. The number of phenols is 3.